The molecule has 0 bridgehead atoms. The molecule has 0 unspecified atom stereocenters. The van der Waals surface area contributed by atoms with Crippen LogP contribution in [0.25, 0.3) is 0 Å². The molecule has 0 N–H and O–H groups in total. The quantitative estimate of drug-likeness (QED) is 0.828. The van der Waals surface area contributed by atoms with E-state index in [0.717, 1.165) is 5.69 Å². The Morgan fingerprint density at radius 1 is 1.29 bits per heavy atom. The van der Waals surface area contributed by atoms with Crippen LogP contribution in [0.4, 0.5) is 10.5 Å². The van der Waals surface area contributed by atoms with Crippen LogP contribution in [0.1, 0.15) is 22.2 Å². The van der Waals surface area contributed by atoms with Gasteiger partial charge < -0.3 is 14.3 Å². The third kappa shape index (κ3) is 2.24. The predicted octanol–water partition coefficient (Wildman–Crippen LogP) is 0.748. The van der Waals surface area contributed by atoms with E-state index in [1.807, 2.05) is 10.9 Å². The summed E-state index contributed by atoms with van der Waals surface area (Å²) in [5.41, 5.74) is 1.30. The zero-order valence-electron chi connectivity index (χ0n) is 13.5. The summed E-state index contributed by atoms with van der Waals surface area (Å²) in [6, 6.07) is 0.112. The molecule has 2 aliphatic heterocycles. The Morgan fingerprint density at radius 3 is 2.71 bits per heavy atom. The maximum Gasteiger partial charge on any atom is 0.324 e. The minimum atomic E-state index is -0.0753. The van der Waals surface area contributed by atoms with Gasteiger partial charge in [0.1, 0.15) is 11.3 Å². The fourth-order valence-corrected chi connectivity index (χ4v) is 3.02. The van der Waals surface area contributed by atoms with Crippen molar-refractivity contribution in [3.8, 4) is 0 Å². The van der Waals surface area contributed by atoms with Gasteiger partial charge in [0.05, 0.1) is 24.1 Å². The first-order valence-electron chi connectivity index (χ1n) is 7.82. The Balaban J connectivity index is 1.40. The number of aromatic nitrogens is 3. The Morgan fingerprint density at radius 2 is 2.08 bits per heavy atom. The van der Waals surface area contributed by atoms with Crippen molar-refractivity contribution in [2.45, 2.75) is 13.0 Å². The van der Waals surface area contributed by atoms with E-state index in [1.165, 1.54) is 6.20 Å². The summed E-state index contributed by atoms with van der Waals surface area (Å²) < 4.78 is 6.76. The minimum absolute atomic E-state index is 0.0112. The zero-order chi connectivity index (χ0) is 16.8. The number of rotatable bonds is 3. The van der Waals surface area contributed by atoms with Crippen molar-refractivity contribution in [1.29, 1.82) is 0 Å². The average molecular weight is 330 g/mol. The first-order chi connectivity index (χ1) is 11.5. The summed E-state index contributed by atoms with van der Waals surface area (Å²) in [6.45, 7) is 4.27. The lowest BCUT2D eigenvalue weighted by Gasteiger charge is -2.39. The van der Waals surface area contributed by atoms with E-state index in [2.05, 4.69) is 10.3 Å². The van der Waals surface area contributed by atoms with E-state index < -0.39 is 0 Å². The standard InChI is InChI=1S/C15H18N6O3/c1-10-13(6-17-24-10)14(22)19-7-12(8-19)21-9-11(5-16-21)20-4-3-18(2)15(20)23/h5-6,9,12H,3-4,7-8H2,1-2H3. The molecule has 3 amide bonds. The average Bonchev–Trinajstić information content (AvgIpc) is 3.21. The number of hydrogen-bond acceptors (Lipinski definition) is 5. The summed E-state index contributed by atoms with van der Waals surface area (Å²) in [7, 11) is 1.79. The van der Waals surface area contributed by atoms with Crippen LogP contribution in [0.15, 0.2) is 23.1 Å². The Labute approximate surface area is 138 Å². The largest absolute Gasteiger partial charge is 0.361 e. The van der Waals surface area contributed by atoms with Crippen LogP contribution in [-0.4, -0.2) is 69.9 Å². The summed E-state index contributed by atoms with van der Waals surface area (Å²) in [4.78, 5) is 29.5. The van der Waals surface area contributed by atoms with Crippen molar-refractivity contribution in [2.75, 3.05) is 38.1 Å². The normalized spacial score (nSPS) is 18.4. The molecule has 9 nitrogen and oxygen atoms in total. The number of anilines is 1. The molecule has 0 aromatic carbocycles. The van der Waals surface area contributed by atoms with Gasteiger partial charge in [-0.05, 0) is 6.92 Å². The predicted molar refractivity (Wildman–Crippen MR) is 83.8 cm³/mol. The van der Waals surface area contributed by atoms with E-state index in [0.29, 0.717) is 37.5 Å². The molecule has 4 rings (SSSR count). The fraction of sp³-hybridized carbons (Fsp3) is 0.467. The number of likely N-dealkylation sites (N-methyl/N-ethyl adjacent to an activating group) is 1. The number of urea groups is 1. The Bertz CT molecular complexity index is 791. The topological polar surface area (TPSA) is 87.7 Å². The van der Waals surface area contributed by atoms with Crippen LogP contribution < -0.4 is 4.90 Å². The highest BCUT2D eigenvalue weighted by Gasteiger charge is 2.35. The van der Waals surface area contributed by atoms with Crippen molar-refractivity contribution in [3.05, 3.63) is 29.9 Å². The van der Waals surface area contributed by atoms with Gasteiger partial charge in [-0.1, -0.05) is 5.16 Å². The maximum atomic E-state index is 12.3. The first-order valence-corrected chi connectivity index (χ1v) is 7.82. The molecular weight excluding hydrogens is 312 g/mol. The smallest absolute Gasteiger partial charge is 0.324 e. The van der Waals surface area contributed by atoms with Gasteiger partial charge in [0.15, 0.2) is 0 Å². The highest BCUT2D eigenvalue weighted by Crippen LogP contribution is 2.26. The zero-order valence-corrected chi connectivity index (χ0v) is 13.5. The van der Waals surface area contributed by atoms with Crippen molar-refractivity contribution >= 4 is 17.6 Å². The summed E-state index contributed by atoms with van der Waals surface area (Å²) in [6.07, 6.45) is 5.02. The van der Waals surface area contributed by atoms with Crippen LogP contribution in [0.2, 0.25) is 0 Å². The number of carbonyl (C=O) groups excluding carboxylic acids is 2. The number of hydrogen-bond donors (Lipinski definition) is 0. The number of likely N-dealkylation sites (tertiary alicyclic amines) is 1. The van der Waals surface area contributed by atoms with Gasteiger partial charge in [-0.15, -0.1) is 0 Å². The summed E-state index contributed by atoms with van der Waals surface area (Å²) >= 11 is 0. The molecule has 9 heteroatoms. The van der Waals surface area contributed by atoms with Gasteiger partial charge in [-0.25, -0.2) is 4.79 Å². The van der Waals surface area contributed by atoms with Gasteiger partial charge in [-0.3, -0.25) is 14.4 Å². The minimum Gasteiger partial charge on any atom is -0.361 e. The molecule has 2 saturated heterocycles. The van der Waals surface area contributed by atoms with Crippen LogP contribution in [0.3, 0.4) is 0 Å². The molecule has 2 aromatic heterocycles. The van der Waals surface area contributed by atoms with Gasteiger partial charge >= 0.3 is 6.03 Å². The molecule has 0 aliphatic carbocycles. The molecule has 0 radical (unpaired) electrons. The van der Waals surface area contributed by atoms with Gasteiger partial charge in [0, 0.05) is 39.4 Å². The molecule has 24 heavy (non-hydrogen) atoms. The van der Waals surface area contributed by atoms with Gasteiger partial charge in [0.2, 0.25) is 0 Å². The maximum absolute atomic E-state index is 12.3. The molecule has 2 aromatic rings. The van der Waals surface area contributed by atoms with Crippen molar-refractivity contribution in [3.63, 3.8) is 0 Å². The summed E-state index contributed by atoms with van der Waals surface area (Å²) in [5, 5.41) is 7.99. The molecular formula is C15H18N6O3. The third-order valence-electron chi connectivity index (χ3n) is 4.62. The molecule has 2 aliphatic rings. The molecule has 0 atom stereocenters. The lowest BCUT2D eigenvalue weighted by Crippen LogP contribution is -2.50. The second kappa shape index (κ2) is 5.36. The Hall–Kier alpha value is -2.84. The van der Waals surface area contributed by atoms with Crippen LogP contribution in [0, 0.1) is 6.92 Å². The number of aryl methyl sites for hydroxylation is 1. The van der Waals surface area contributed by atoms with Crippen molar-refractivity contribution in [2.24, 2.45) is 0 Å². The molecule has 126 valence electrons. The molecule has 0 saturated carbocycles. The van der Waals surface area contributed by atoms with E-state index in [1.54, 1.807) is 34.9 Å². The number of nitrogens with zero attached hydrogens (tertiary/aromatic N) is 6. The van der Waals surface area contributed by atoms with Crippen molar-refractivity contribution in [1.82, 2.24) is 24.7 Å². The van der Waals surface area contributed by atoms with E-state index in [9.17, 15) is 9.59 Å². The van der Waals surface area contributed by atoms with Gasteiger partial charge in [0.25, 0.3) is 5.91 Å². The highest BCUT2D eigenvalue weighted by molar-refractivity contribution is 5.95. The number of carbonyl (C=O) groups is 2. The highest BCUT2D eigenvalue weighted by atomic mass is 16.5. The molecule has 2 fully saturated rings. The van der Waals surface area contributed by atoms with E-state index in [-0.39, 0.29) is 18.0 Å². The lowest BCUT2D eigenvalue weighted by molar-refractivity contribution is 0.0500. The fourth-order valence-electron chi connectivity index (χ4n) is 3.02. The Kier molecular flexibility index (Phi) is 3.29. The summed E-state index contributed by atoms with van der Waals surface area (Å²) in [5.74, 6) is 0.454. The van der Waals surface area contributed by atoms with E-state index >= 15 is 0 Å². The number of amides is 3. The van der Waals surface area contributed by atoms with E-state index in [4.69, 9.17) is 4.52 Å². The monoisotopic (exact) mass is 330 g/mol. The van der Waals surface area contributed by atoms with Crippen LogP contribution in [0.5, 0.6) is 0 Å². The second-order valence-corrected chi connectivity index (χ2v) is 6.19. The second-order valence-electron chi connectivity index (χ2n) is 6.19. The molecule has 4 heterocycles. The van der Waals surface area contributed by atoms with Crippen molar-refractivity contribution < 1.29 is 14.1 Å². The third-order valence-corrected chi connectivity index (χ3v) is 4.62. The molecule has 0 spiro atoms. The van der Waals surface area contributed by atoms with Crippen LogP contribution >= 0.6 is 0 Å². The van der Waals surface area contributed by atoms with Gasteiger partial charge in [-0.2, -0.15) is 5.10 Å². The lowest BCUT2D eigenvalue weighted by atomic mass is 10.1. The first kappa shape index (κ1) is 14.7. The van der Waals surface area contributed by atoms with Crippen LogP contribution in [-0.2, 0) is 0 Å². The SMILES string of the molecule is Cc1oncc1C(=O)N1CC(n2cc(N3CCN(C)C3=O)cn2)C1.